The summed E-state index contributed by atoms with van der Waals surface area (Å²) >= 11 is 2.86. The van der Waals surface area contributed by atoms with Crippen molar-refractivity contribution < 1.29 is 9.53 Å². The molecule has 1 amide bonds. The first kappa shape index (κ1) is 18.7. The lowest BCUT2D eigenvalue weighted by Gasteiger charge is -2.26. The molecule has 1 aromatic heterocycles. The molecular weight excluding hydrogens is 344 g/mol. The van der Waals surface area contributed by atoms with E-state index in [1.165, 1.54) is 23.1 Å². The largest absolute Gasteiger partial charge is 0.383 e. The van der Waals surface area contributed by atoms with Crippen molar-refractivity contribution in [3.8, 4) is 0 Å². The van der Waals surface area contributed by atoms with E-state index >= 15 is 0 Å². The van der Waals surface area contributed by atoms with E-state index in [9.17, 15) is 4.79 Å². The Kier molecular flexibility index (Phi) is 7.48. The van der Waals surface area contributed by atoms with Crippen LogP contribution in [-0.4, -0.2) is 48.2 Å². The molecule has 1 N–H and O–H groups in total. The molecule has 0 bridgehead atoms. The average Bonchev–Trinajstić information content (AvgIpc) is 3.02. The summed E-state index contributed by atoms with van der Waals surface area (Å²) in [7, 11) is 1.65. The van der Waals surface area contributed by atoms with E-state index in [4.69, 9.17) is 4.74 Å². The number of thioether (sulfide) groups is 1. The third-order valence-corrected chi connectivity index (χ3v) is 5.13. The number of ether oxygens (including phenoxy) is 1. The summed E-state index contributed by atoms with van der Waals surface area (Å²) in [5.41, 5.74) is 0.914. The zero-order valence-corrected chi connectivity index (χ0v) is 15.7. The Hall–Kier alpha value is -1.64. The van der Waals surface area contributed by atoms with Gasteiger partial charge in [-0.05, 0) is 26.0 Å². The predicted molar refractivity (Wildman–Crippen MR) is 100 cm³/mol. The quantitative estimate of drug-likeness (QED) is 0.543. The first-order valence-electron chi connectivity index (χ1n) is 7.68. The summed E-state index contributed by atoms with van der Waals surface area (Å²) in [4.78, 5) is 14.4. The molecule has 130 valence electrons. The van der Waals surface area contributed by atoms with E-state index in [1.54, 1.807) is 7.11 Å². The molecule has 8 heteroatoms. The fourth-order valence-electron chi connectivity index (χ4n) is 2.11. The van der Waals surface area contributed by atoms with Gasteiger partial charge in [0.1, 0.15) is 0 Å². The normalized spacial score (nSPS) is 10.8. The van der Waals surface area contributed by atoms with Gasteiger partial charge in [0.25, 0.3) is 0 Å². The highest BCUT2D eigenvalue weighted by Crippen LogP contribution is 2.26. The summed E-state index contributed by atoms with van der Waals surface area (Å²) in [5, 5.41) is 12.0. The summed E-state index contributed by atoms with van der Waals surface area (Å²) < 4.78 is 5.76. The molecule has 1 aromatic carbocycles. The van der Waals surface area contributed by atoms with Crippen molar-refractivity contribution >= 4 is 39.8 Å². The van der Waals surface area contributed by atoms with Gasteiger partial charge in [0.15, 0.2) is 4.34 Å². The van der Waals surface area contributed by atoms with Crippen molar-refractivity contribution in [3.05, 3.63) is 30.3 Å². The van der Waals surface area contributed by atoms with Crippen LogP contribution in [0.4, 0.5) is 10.8 Å². The van der Waals surface area contributed by atoms with Crippen molar-refractivity contribution in [3.63, 3.8) is 0 Å². The van der Waals surface area contributed by atoms with E-state index in [2.05, 4.69) is 15.5 Å². The number of benzene rings is 1. The molecule has 0 spiro atoms. The number of aromatic nitrogens is 2. The van der Waals surface area contributed by atoms with Crippen LogP contribution in [0.1, 0.15) is 13.8 Å². The van der Waals surface area contributed by atoms with Gasteiger partial charge in [-0.25, -0.2) is 0 Å². The highest BCUT2D eigenvalue weighted by Gasteiger charge is 2.19. The first-order chi connectivity index (χ1) is 11.6. The molecule has 1 heterocycles. The molecule has 0 unspecified atom stereocenters. The van der Waals surface area contributed by atoms with Crippen molar-refractivity contribution in [1.29, 1.82) is 0 Å². The van der Waals surface area contributed by atoms with E-state index in [0.29, 0.717) is 18.9 Å². The zero-order chi connectivity index (χ0) is 17.4. The van der Waals surface area contributed by atoms with Crippen LogP contribution in [0, 0.1) is 0 Å². The number of hydrogen-bond donors (Lipinski definition) is 1. The van der Waals surface area contributed by atoms with Gasteiger partial charge in [-0.3, -0.25) is 4.79 Å². The lowest BCUT2D eigenvalue weighted by molar-refractivity contribution is -0.116. The standard InChI is InChI=1S/C16H22N4O2S2/c1-12(2)20(13-7-5-4-6-8-13)14(21)11-23-16-19-18-15(24-16)17-9-10-22-3/h4-8,12H,9-11H2,1-3H3,(H,17,18). The number of anilines is 2. The molecule has 0 aliphatic rings. The van der Waals surface area contributed by atoms with Crippen molar-refractivity contribution in [2.75, 3.05) is 36.2 Å². The Morgan fingerprint density at radius 2 is 2.08 bits per heavy atom. The Morgan fingerprint density at radius 1 is 1.33 bits per heavy atom. The van der Waals surface area contributed by atoms with Crippen LogP contribution in [-0.2, 0) is 9.53 Å². The second-order valence-electron chi connectivity index (χ2n) is 5.27. The van der Waals surface area contributed by atoms with Gasteiger partial charge in [-0.15, -0.1) is 10.2 Å². The molecule has 24 heavy (non-hydrogen) atoms. The van der Waals surface area contributed by atoms with Crippen LogP contribution >= 0.6 is 23.1 Å². The van der Waals surface area contributed by atoms with Crippen LogP contribution in [0.15, 0.2) is 34.7 Å². The van der Waals surface area contributed by atoms with Gasteiger partial charge >= 0.3 is 0 Å². The van der Waals surface area contributed by atoms with Crippen LogP contribution in [0.2, 0.25) is 0 Å². The number of rotatable bonds is 9. The second-order valence-corrected chi connectivity index (χ2v) is 7.47. The molecule has 2 rings (SSSR count). The molecule has 6 nitrogen and oxygen atoms in total. The molecular formula is C16H22N4O2S2. The monoisotopic (exact) mass is 366 g/mol. The summed E-state index contributed by atoms with van der Waals surface area (Å²) in [6, 6.07) is 9.82. The van der Waals surface area contributed by atoms with Crippen LogP contribution in [0.25, 0.3) is 0 Å². The third-order valence-electron chi connectivity index (χ3n) is 3.13. The molecule has 0 atom stereocenters. The minimum Gasteiger partial charge on any atom is -0.383 e. The van der Waals surface area contributed by atoms with Gasteiger partial charge in [-0.2, -0.15) is 0 Å². The van der Waals surface area contributed by atoms with Crippen LogP contribution in [0.3, 0.4) is 0 Å². The maximum absolute atomic E-state index is 12.6. The molecule has 0 radical (unpaired) electrons. The van der Waals surface area contributed by atoms with Gasteiger partial charge in [-0.1, -0.05) is 41.3 Å². The zero-order valence-electron chi connectivity index (χ0n) is 14.1. The molecule has 0 aliphatic heterocycles. The minimum atomic E-state index is 0.0605. The number of methoxy groups -OCH3 is 1. The average molecular weight is 367 g/mol. The number of nitrogens with zero attached hydrogens (tertiary/aromatic N) is 3. The Labute approximate surface area is 150 Å². The third kappa shape index (κ3) is 5.47. The second kappa shape index (κ2) is 9.61. The van der Waals surface area contributed by atoms with E-state index in [-0.39, 0.29) is 11.9 Å². The number of nitrogens with one attached hydrogen (secondary N) is 1. The molecule has 0 saturated heterocycles. The highest BCUT2D eigenvalue weighted by atomic mass is 32.2. The number of carbonyl (C=O) groups is 1. The summed E-state index contributed by atoms with van der Waals surface area (Å²) in [6.45, 7) is 5.32. The maximum Gasteiger partial charge on any atom is 0.237 e. The van der Waals surface area contributed by atoms with Gasteiger partial charge in [0, 0.05) is 25.4 Å². The Morgan fingerprint density at radius 3 is 2.75 bits per heavy atom. The number of para-hydroxylation sites is 1. The smallest absolute Gasteiger partial charge is 0.237 e. The maximum atomic E-state index is 12.6. The van der Waals surface area contributed by atoms with Crippen LogP contribution < -0.4 is 10.2 Å². The van der Waals surface area contributed by atoms with Gasteiger partial charge in [0.2, 0.25) is 11.0 Å². The van der Waals surface area contributed by atoms with Crippen molar-refractivity contribution in [1.82, 2.24) is 10.2 Å². The Balaban J connectivity index is 1.91. The van der Waals surface area contributed by atoms with Gasteiger partial charge < -0.3 is 15.0 Å². The lowest BCUT2D eigenvalue weighted by Crippen LogP contribution is -2.38. The molecule has 2 aromatic rings. The topological polar surface area (TPSA) is 67.3 Å². The Bertz CT molecular complexity index is 634. The minimum absolute atomic E-state index is 0.0605. The summed E-state index contributed by atoms with van der Waals surface area (Å²) in [5.74, 6) is 0.394. The van der Waals surface area contributed by atoms with Crippen molar-refractivity contribution in [2.45, 2.75) is 24.2 Å². The van der Waals surface area contributed by atoms with E-state index in [0.717, 1.165) is 15.2 Å². The predicted octanol–water partition coefficient (Wildman–Crippen LogP) is 3.13. The fourth-order valence-corrected chi connectivity index (χ4v) is 3.75. The van der Waals surface area contributed by atoms with E-state index < -0.39 is 0 Å². The first-order valence-corrected chi connectivity index (χ1v) is 9.48. The van der Waals surface area contributed by atoms with E-state index in [1.807, 2.05) is 49.1 Å². The van der Waals surface area contributed by atoms with Crippen molar-refractivity contribution in [2.24, 2.45) is 0 Å². The van der Waals surface area contributed by atoms with Crippen LogP contribution in [0.5, 0.6) is 0 Å². The number of hydrogen-bond acceptors (Lipinski definition) is 7. The molecule has 0 saturated carbocycles. The fraction of sp³-hybridized carbons (Fsp3) is 0.438. The highest BCUT2D eigenvalue weighted by molar-refractivity contribution is 8.01. The lowest BCUT2D eigenvalue weighted by atomic mass is 10.2. The number of amides is 1. The SMILES string of the molecule is COCCNc1nnc(SCC(=O)N(c2ccccc2)C(C)C)s1. The van der Waals surface area contributed by atoms with Gasteiger partial charge in [0.05, 0.1) is 12.4 Å². The number of carbonyl (C=O) groups excluding carboxylic acids is 1. The summed E-state index contributed by atoms with van der Waals surface area (Å²) in [6.07, 6.45) is 0. The molecule has 0 aliphatic carbocycles. The molecule has 0 fully saturated rings.